The lowest BCUT2D eigenvalue weighted by molar-refractivity contribution is 0.329. The molecule has 1 N–H and O–H groups in total. The number of rotatable bonds is 2. The molecule has 0 aliphatic heterocycles. The molecule has 0 amide bonds. The average Bonchev–Trinajstić information content (AvgIpc) is 2.06. The van der Waals surface area contributed by atoms with Crippen LogP contribution in [0.25, 0.3) is 0 Å². The largest absolute Gasteiger partial charge is 0.504 e. The maximum atomic E-state index is 13.1. The molecule has 12 heavy (non-hydrogen) atoms. The zero-order valence-electron chi connectivity index (χ0n) is 6.80. The first-order valence-corrected chi connectivity index (χ1v) is 3.30. The van der Waals surface area contributed by atoms with E-state index < -0.39 is 5.82 Å². The summed E-state index contributed by atoms with van der Waals surface area (Å²) < 4.78 is 22.4. The predicted octanol–water partition coefficient (Wildman–Crippen LogP) is 1.55. The van der Waals surface area contributed by atoms with Crippen LogP contribution in [0.4, 0.5) is 4.39 Å². The summed E-state index contributed by atoms with van der Waals surface area (Å²) in [6.45, 7) is 0. The molecular weight excluding hydrogens is 163 g/mol. The van der Waals surface area contributed by atoms with Gasteiger partial charge in [-0.25, -0.2) is 0 Å². The first kappa shape index (κ1) is 8.64. The average molecular weight is 172 g/mol. The first-order chi connectivity index (χ1) is 5.70. The molecule has 0 bridgehead atoms. The van der Waals surface area contributed by atoms with E-state index in [-0.39, 0.29) is 17.2 Å². The molecule has 0 heterocycles. The molecule has 0 fully saturated rings. The van der Waals surface area contributed by atoms with Crippen LogP contribution < -0.4 is 9.47 Å². The third kappa shape index (κ3) is 1.28. The van der Waals surface area contributed by atoms with Gasteiger partial charge in [0, 0.05) is 0 Å². The highest BCUT2D eigenvalue weighted by Gasteiger charge is 2.13. The monoisotopic (exact) mass is 172 g/mol. The Morgan fingerprint density at radius 2 is 1.92 bits per heavy atom. The molecule has 0 aromatic heterocycles. The van der Waals surface area contributed by atoms with Crippen molar-refractivity contribution in [1.82, 2.24) is 0 Å². The van der Waals surface area contributed by atoms with Crippen molar-refractivity contribution < 1.29 is 19.0 Å². The topological polar surface area (TPSA) is 38.7 Å². The summed E-state index contributed by atoms with van der Waals surface area (Å²) in [5.41, 5.74) is 0. The van der Waals surface area contributed by atoms with Gasteiger partial charge in [-0.2, -0.15) is 4.39 Å². The van der Waals surface area contributed by atoms with E-state index in [9.17, 15) is 4.39 Å². The molecular formula is C8H9FO3. The highest BCUT2D eigenvalue weighted by atomic mass is 19.1. The van der Waals surface area contributed by atoms with Crippen molar-refractivity contribution in [3.8, 4) is 17.2 Å². The normalized spacial score (nSPS) is 9.58. The number of phenolic OH excluding ortho intramolecular Hbond substituents is 1. The Hall–Kier alpha value is -1.45. The molecule has 0 aliphatic rings. The second-order valence-corrected chi connectivity index (χ2v) is 2.13. The van der Waals surface area contributed by atoms with E-state index in [0.717, 1.165) is 0 Å². The third-order valence-corrected chi connectivity index (χ3v) is 1.46. The Kier molecular flexibility index (Phi) is 2.38. The van der Waals surface area contributed by atoms with Crippen LogP contribution in [0.5, 0.6) is 17.2 Å². The molecule has 1 rings (SSSR count). The SMILES string of the molecule is COc1ccc(O)c(OC)c1F. The van der Waals surface area contributed by atoms with Crippen LogP contribution in [-0.4, -0.2) is 19.3 Å². The number of phenols is 1. The number of methoxy groups -OCH3 is 2. The summed E-state index contributed by atoms with van der Waals surface area (Å²) in [4.78, 5) is 0. The quantitative estimate of drug-likeness (QED) is 0.735. The van der Waals surface area contributed by atoms with E-state index in [4.69, 9.17) is 5.11 Å². The van der Waals surface area contributed by atoms with E-state index in [1.54, 1.807) is 0 Å². The van der Waals surface area contributed by atoms with Gasteiger partial charge in [0.1, 0.15) is 0 Å². The molecule has 66 valence electrons. The van der Waals surface area contributed by atoms with Crippen molar-refractivity contribution in [2.75, 3.05) is 14.2 Å². The molecule has 4 heteroatoms. The van der Waals surface area contributed by atoms with Crippen LogP contribution in [0.1, 0.15) is 0 Å². The van der Waals surface area contributed by atoms with E-state index in [1.807, 2.05) is 0 Å². The van der Waals surface area contributed by atoms with Gasteiger partial charge >= 0.3 is 0 Å². The molecule has 3 nitrogen and oxygen atoms in total. The van der Waals surface area contributed by atoms with E-state index in [2.05, 4.69) is 9.47 Å². The van der Waals surface area contributed by atoms with E-state index >= 15 is 0 Å². The Morgan fingerprint density at radius 3 is 2.42 bits per heavy atom. The van der Waals surface area contributed by atoms with Crippen LogP contribution in [0.2, 0.25) is 0 Å². The number of hydrogen-bond donors (Lipinski definition) is 1. The highest BCUT2D eigenvalue weighted by Crippen LogP contribution is 2.34. The maximum absolute atomic E-state index is 13.1. The maximum Gasteiger partial charge on any atom is 0.210 e. The van der Waals surface area contributed by atoms with Crippen molar-refractivity contribution in [3.05, 3.63) is 17.9 Å². The Bertz CT molecular complexity index is 286. The van der Waals surface area contributed by atoms with E-state index in [1.165, 1.54) is 26.4 Å². The summed E-state index contributed by atoms with van der Waals surface area (Å²) in [6.07, 6.45) is 0. The van der Waals surface area contributed by atoms with E-state index in [0.29, 0.717) is 0 Å². The zero-order valence-corrected chi connectivity index (χ0v) is 6.80. The zero-order chi connectivity index (χ0) is 9.14. The fraction of sp³-hybridized carbons (Fsp3) is 0.250. The number of ether oxygens (including phenoxy) is 2. The van der Waals surface area contributed by atoms with Crippen LogP contribution in [0.3, 0.4) is 0 Å². The highest BCUT2D eigenvalue weighted by molar-refractivity contribution is 5.46. The summed E-state index contributed by atoms with van der Waals surface area (Å²) >= 11 is 0. The van der Waals surface area contributed by atoms with Crippen molar-refractivity contribution >= 4 is 0 Å². The Labute approximate surface area is 69.3 Å². The lowest BCUT2D eigenvalue weighted by Gasteiger charge is -2.07. The van der Waals surface area contributed by atoms with Crippen LogP contribution in [0.15, 0.2) is 12.1 Å². The Balaban J connectivity index is 3.24. The lowest BCUT2D eigenvalue weighted by Crippen LogP contribution is -1.93. The molecule has 0 spiro atoms. The fourth-order valence-corrected chi connectivity index (χ4v) is 0.880. The van der Waals surface area contributed by atoms with Gasteiger partial charge in [0.2, 0.25) is 5.82 Å². The summed E-state index contributed by atoms with van der Waals surface area (Å²) in [5.74, 6) is -1.09. The minimum absolute atomic E-state index is 0.0460. The van der Waals surface area contributed by atoms with Crippen molar-refractivity contribution in [3.63, 3.8) is 0 Å². The summed E-state index contributed by atoms with van der Waals surface area (Å²) in [5, 5.41) is 9.09. The van der Waals surface area contributed by atoms with Crippen molar-refractivity contribution in [1.29, 1.82) is 0 Å². The van der Waals surface area contributed by atoms with Crippen molar-refractivity contribution in [2.45, 2.75) is 0 Å². The summed E-state index contributed by atoms with van der Waals surface area (Å²) in [7, 11) is 2.62. The standard InChI is InChI=1S/C8H9FO3/c1-11-6-4-3-5(10)8(12-2)7(6)9/h3-4,10H,1-2H3. The van der Waals surface area contributed by atoms with Gasteiger partial charge in [0.05, 0.1) is 14.2 Å². The molecule has 1 aromatic carbocycles. The second-order valence-electron chi connectivity index (χ2n) is 2.13. The fourth-order valence-electron chi connectivity index (χ4n) is 0.880. The number of hydrogen-bond acceptors (Lipinski definition) is 3. The molecule has 0 saturated heterocycles. The number of benzene rings is 1. The Morgan fingerprint density at radius 1 is 1.25 bits per heavy atom. The molecule has 1 aromatic rings. The molecule has 0 unspecified atom stereocenters. The van der Waals surface area contributed by atoms with Crippen LogP contribution >= 0.6 is 0 Å². The molecule has 0 atom stereocenters. The number of halogens is 1. The first-order valence-electron chi connectivity index (χ1n) is 3.30. The third-order valence-electron chi connectivity index (χ3n) is 1.46. The van der Waals surface area contributed by atoms with Gasteiger partial charge in [0.25, 0.3) is 0 Å². The smallest absolute Gasteiger partial charge is 0.210 e. The van der Waals surface area contributed by atoms with Crippen LogP contribution in [0, 0.1) is 5.82 Å². The molecule has 0 saturated carbocycles. The van der Waals surface area contributed by atoms with Gasteiger partial charge in [-0.1, -0.05) is 0 Å². The van der Waals surface area contributed by atoms with Gasteiger partial charge in [-0.05, 0) is 12.1 Å². The van der Waals surface area contributed by atoms with Crippen molar-refractivity contribution in [2.24, 2.45) is 0 Å². The van der Waals surface area contributed by atoms with Gasteiger partial charge in [-0.3, -0.25) is 0 Å². The summed E-state index contributed by atoms with van der Waals surface area (Å²) in [6, 6.07) is 2.63. The van der Waals surface area contributed by atoms with Gasteiger partial charge in [-0.15, -0.1) is 0 Å². The predicted molar refractivity (Wildman–Crippen MR) is 41.2 cm³/mol. The minimum Gasteiger partial charge on any atom is -0.504 e. The minimum atomic E-state index is -0.694. The lowest BCUT2D eigenvalue weighted by atomic mass is 10.3. The van der Waals surface area contributed by atoms with Crippen LogP contribution in [-0.2, 0) is 0 Å². The molecule has 0 radical (unpaired) electrons. The molecule has 0 aliphatic carbocycles. The number of aromatic hydroxyl groups is 1. The second kappa shape index (κ2) is 3.30. The van der Waals surface area contributed by atoms with Gasteiger partial charge < -0.3 is 14.6 Å². The van der Waals surface area contributed by atoms with Gasteiger partial charge in [0.15, 0.2) is 17.2 Å².